The Bertz CT molecular complexity index is 1040. The number of hydrogen-bond acceptors (Lipinski definition) is 7. The van der Waals surface area contributed by atoms with Crippen LogP contribution in [0, 0.1) is 0 Å². The molecule has 3 aromatic rings. The van der Waals surface area contributed by atoms with E-state index in [-0.39, 0.29) is 24.8 Å². The molecule has 0 atom stereocenters. The second-order valence-electron chi connectivity index (χ2n) is 6.74. The van der Waals surface area contributed by atoms with Crippen LogP contribution in [0.5, 0.6) is 11.8 Å². The number of halogens is 1. The van der Waals surface area contributed by atoms with Crippen LogP contribution in [0.25, 0.3) is 11.3 Å². The Labute approximate surface area is 186 Å². The molecule has 162 valence electrons. The number of benzene rings is 2. The Hall–Kier alpha value is -3.16. The van der Waals surface area contributed by atoms with E-state index in [9.17, 15) is 4.79 Å². The van der Waals surface area contributed by atoms with Gasteiger partial charge in [0.05, 0.1) is 31.5 Å². The maximum Gasteiger partial charge on any atom is 0.318 e. The average molecular weight is 442 g/mol. The second-order valence-corrected chi connectivity index (χ2v) is 7.15. The lowest BCUT2D eigenvalue weighted by Gasteiger charge is -2.11. The van der Waals surface area contributed by atoms with Crippen molar-refractivity contribution >= 4 is 23.2 Å². The summed E-state index contributed by atoms with van der Waals surface area (Å²) >= 11 is 6.17. The van der Waals surface area contributed by atoms with Crippen LogP contribution in [0.4, 0.5) is 5.82 Å². The fourth-order valence-electron chi connectivity index (χ4n) is 3.02. The molecule has 2 aromatic carbocycles. The highest BCUT2D eigenvalue weighted by Gasteiger charge is 2.14. The van der Waals surface area contributed by atoms with Gasteiger partial charge >= 0.3 is 6.01 Å². The maximum atomic E-state index is 12.2. The van der Waals surface area contributed by atoms with E-state index in [1.54, 1.807) is 31.4 Å². The Morgan fingerprint density at radius 2 is 1.84 bits per heavy atom. The molecule has 0 saturated carbocycles. The van der Waals surface area contributed by atoms with E-state index in [2.05, 4.69) is 15.3 Å². The number of aliphatic hydroxyl groups excluding tert-OH is 1. The molecule has 0 spiro atoms. The summed E-state index contributed by atoms with van der Waals surface area (Å²) in [6, 6.07) is 15.0. The Kier molecular flexibility index (Phi) is 7.81. The molecule has 8 heteroatoms. The lowest BCUT2D eigenvalue weighted by atomic mass is 10.0. The molecule has 7 nitrogen and oxygen atoms in total. The number of rotatable bonds is 10. The molecule has 1 aromatic heterocycles. The number of hydrogen-bond donors (Lipinski definition) is 2. The number of Topliss-reactive ketones (excluding diaryl/α,β-unsaturated/α-hetero) is 1. The number of ether oxygens (including phenoxy) is 2. The Morgan fingerprint density at radius 1 is 1.06 bits per heavy atom. The summed E-state index contributed by atoms with van der Waals surface area (Å²) in [6.07, 6.45) is 0.806. The van der Waals surface area contributed by atoms with Gasteiger partial charge in [0.25, 0.3) is 0 Å². The van der Waals surface area contributed by atoms with E-state index >= 15 is 0 Å². The van der Waals surface area contributed by atoms with E-state index in [4.69, 9.17) is 26.2 Å². The first kappa shape index (κ1) is 22.5. The van der Waals surface area contributed by atoms with Gasteiger partial charge in [0.2, 0.25) is 0 Å². The monoisotopic (exact) mass is 441 g/mol. The fraction of sp³-hybridized carbons (Fsp3) is 0.261. The number of carbonyl (C=O) groups is 1. The van der Waals surface area contributed by atoms with Crippen LogP contribution < -0.4 is 14.8 Å². The summed E-state index contributed by atoms with van der Waals surface area (Å²) in [7, 11) is 3.14. The molecule has 0 amide bonds. The van der Waals surface area contributed by atoms with Gasteiger partial charge in [-0.15, -0.1) is 0 Å². The molecule has 31 heavy (non-hydrogen) atoms. The van der Waals surface area contributed by atoms with Crippen molar-refractivity contribution in [2.45, 2.75) is 12.8 Å². The lowest BCUT2D eigenvalue weighted by Crippen LogP contribution is -2.08. The van der Waals surface area contributed by atoms with Crippen molar-refractivity contribution in [2.24, 2.45) is 0 Å². The summed E-state index contributed by atoms with van der Waals surface area (Å²) < 4.78 is 10.4. The van der Waals surface area contributed by atoms with Crippen molar-refractivity contribution in [3.05, 3.63) is 64.7 Å². The van der Waals surface area contributed by atoms with Crippen LogP contribution in [0.15, 0.2) is 48.5 Å². The predicted octanol–water partition coefficient (Wildman–Crippen LogP) is 4.03. The van der Waals surface area contributed by atoms with Crippen molar-refractivity contribution in [3.8, 4) is 23.0 Å². The van der Waals surface area contributed by atoms with Gasteiger partial charge in [0, 0.05) is 30.2 Å². The minimum atomic E-state index is -0.233. The third-order valence-electron chi connectivity index (χ3n) is 4.67. The van der Waals surface area contributed by atoms with Gasteiger partial charge in [0.15, 0.2) is 5.78 Å². The van der Waals surface area contributed by atoms with Gasteiger partial charge in [-0.2, -0.15) is 9.97 Å². The minimum Gasteiger partial charge on any atom is -0.497 e. The van der Waals surface area contributed by atoms with Crippen molar-refractivity contribution in [1.82, 2.24) is 9.97 Å². The van der Waals surface area contributed by atoms with Crippen molar-refractivity contribution < 1.29 is 19.4 Å². The molecule has 0 radical (unpaired) electrons. The SMILES string of the molecule is COc1ccc(CCNc2cc(-c3ccc(Cl)c(C(=O)CCO)c3)nc(OC)n2)cc1. The van der Waals surface area contributed by atoms with Gasteiger partial charge in [-0.1, -0.05) is 29.8 Å². The number of methoxy groups -OCH3 is 2. The van der Waals surface area contributed by atoms with Crippen LogP contribution in [0.3, 0.4) is 0 Å². The number of nitrogens with one attached hydrogen (secondary N) is 1. The number of aromatic nitrogens is 2. The molecule has 0 aliphatic carbocycles. The third-order valence-corrected chi connectivity index (χ3v) is 5.00. The Balaban J connectivity index is 1.78. The van der Waals surface area contributed by atoms with E-state index in [0.717, 1.165) is 12.2 Å². The summed E-state index contributed by atoms with van der Waals surface area (Å²) in [4.78, 5) is 21.0. The minimum absolute atomic E-state index is 0.00837. The van der Waals surface area contributed by atoms with Crippen LogP contribution in [0.1, 0.15) is 22.3 Å². The quantitative estimate of drug-likeness (QED) is 0.458. The van der Waals surface area contributed by atoms with Crippen molar-refractivity contribution in [1.29, 1.82) is 0 Å². The highest BCUT2D eigenvalue weighted by molar-refractivity contribution is 6.34. The molecule has 0 aliphatic rings. The fourth-order valence-corrected chi connectivity index (χ4v) is 3.24. The first-order valence-corrected chi connectivity index (χ1v) is 10.2. The van der Waals surface area contributed by atoms with E-state index in [1.807, 2.05) is 24.3 Å². The van der Waals surface area contributed by atoms with Crippen molar-refractivity contribution in [2.75, 3.05) is 32.7 Å². The van der Waals surface area contributed by atoms with E-state index in [1.165, 1.54) is 12.7 Å². The van der Waals surface area contributed by atoms with Gasteiger partial charge < -0.3 is 19.9 Å². The Morgan fingerprint density at radius 3 is 2.52 bits per heavy atom. The van der Waals surface area contributed by atoms with Gasteiger partial charge in [-0.05, 0) is 36.2 Å². The molecular weight excluding hydrogens is 418 g/mol. The molecule has 1 heterocycles. The zero-order valence-corrected chi connectivity index (χ0v) is 18.1. The standard InChI is InChI=1S/C23H24ClN3O4/c1-30-17-6-3-15(4-7-17)9-11-25-22-14-20(26-23(27-22)31-2)16-5-8-19(24)18(13-16)21(29)10-12-28/h3-8,13-14,28H,9-12H2,1-2H3,(H,25,26,27). The molecule has 0 bridgehead atoms. The van der Waals surface area contributed by atoms with Gasteiger partial charge in [-0.3, -0.25) is 4.79 Å². The number of ketones is 1. The van der Waals surface area contributed by atoms with Crippen LogP contribution in [-0.4, -0.2) is 48.2 Å². The average Bonchev–Trinajstić information content (AvgIpc) is 2.79. The zero-order chi connectivity index (χ0) is 22.2. The van der Waals surface area contributed by atoms with Gasteiger partial charge in [-0.25, -0.2) is 0 Å². The van der Waals surface area contributed by atoms with Crippen LogP contribution in [-0.2, 0) is 6.42 Å². The number of aliphatic hydroxyl groups is 1. The van der Waals surface area contributed by atoms with Crippen LogP contribution in [0.2, 0.25) is 5.02 Å². The first-order valence-electron chi connectivity index (χ1n) is 9.78. The highest BCUT2D eigenvalue weighted by atomic mass is 35.5. The largest absolute Gasteiger partial charge is 0.497 e. The maximum absolute atomic E-state index is 12.2. The number of carbonyl (C=O) groups excluding carboxylic acids is 1. The van der Waals surface area contributed by atoms with Gasteiger partial charge in [0.1, 0.15) is 11.6 Å². The first-order chi connectivity index (χ1) is 15.0. The highest BCUT2D eigenvalue weighted by Crippen LogP contribution is 2.27. The summed E-state index contributed by atoms with van der Waals surface area (Å²) in [5.74, 6) is 1.20. The summed E-state index contributed by atoms with van der Waals surface area (Å²) in [6.45, 7) is 0.426. The zero-order valence-electron chi connectivity index (χ0n) is 17.4. The molecule has 3 rings (SSSR count). The predicted molar refractivity (Wildman–Crippen MR) is 120 cm³/mol. The van der Waals surface area contributed by atoms with Crippen LogP contribution >= 0.6 is 11.6 Å². The smallest absolute Gasteiger partial charge is 0.318 e. The molecule has 2 N–H and O–H groups in total. The summed E-state index contributed by atoms with van der Waals surface area (Å²) in [5, 5.41) is 12.7. The topological polar surface area (TPSA) is 93.6 Å². The number of anilines is 1. The molecule has 0 saturated heterocycles. The molecule has 0 fully saturated rings. The lowest BCUT2D eigenvalue weighted by molar-refractivity contribution is 0.0957. The normalized spacial score (nSPS) is 10.6. The van der Waals surface area contributed by atoms with E-state index < -0.39 is 0 Å². The molecule has 0 aliphatic heterocycles. The van der Waals surface area contributed by atoms with E-state index in [0.29, 0.717) is 34.2 Å². The second kappa shape index (κ2) is 10.7. The molecule has 0 unspecified atom stereocenters. The third kappa shape index (κ3) is 5.93. The molecular formula is C23H24ClN3O4. The number of nitrogens with zero attached hydrogens (tertiary/aromatic N) is 2. The van der Waals surface area contributed by atoms with Crippen molar-refractivity contribution in [3.63, 3.8) is 0 Å². The summed E-state index contributed by atoms with van der Waals surface area (Å²) in [5.41, 5.74) is 2.80.